The van der Waals surface area contributed by atoms with E-state index in [-0.39, 0.29) is 22.3 Å². The lowest BCUT2D eigenvalue weighted by Crippen LogP contribution is -2.41. The summed E-state index contributed by atoms with van der Waals surface area (Å²) in [5.41, 5.74) is 5.02. The normalized spacial score (nSPS) is 16.3. The first-order valence-electron chi connectivity index (χ1n) is 5.86. The number of anilines is 1. The summed E-state index contributed by atoms with van der Waals surface area (Å²) in [5.74, 6) is 0. The van der Waals surface area contributed by atoms with Crippen LogP contribution in [-0.4, -0.2) is 30.7 Å². The maximum atomic E-state index is 12.3. The van der Waals surface area contributed by atoms with Crippen LogP contribution >= 0.6 is 0 Å². The number of nitro groups is 1. The second-order valence-electron chi connectivity index (χ2n) is 4.58. The van der Waals surface area contributed by atoms with Gasteiger partial charge in [-0.1, -0.05) is 6.42 Å². The number of hydrogen-bond donors (Lipinski definition) is 1. The van der Waals surface area contributed by atoms with Crippen LogP contribution in [0.15, 0.2) is 23.1 Å². The van der Waals surface area contributed by atoms with Crippen LogP contribution < -0.4 is 5.73 Å². The molecular weight excluding hydrogens is 270 g/mol. The molecule has 0 atom stereocenters. The predicted octanol–water partition coefficient (Wildman–Crippen LogP) is 1.35. The number of benzene rings is 1. The molecule has 0 spiro atoms. The van der Waals surface area contributed by atoms with Crippen LogP contribution in [0.2, 0.25) is 0 Å². The average Bonchev–Trinajstić information content (AvgIpc) is 2.26. The molecular formula is C11H15N3O4S. The largest absolute Gasteiger partial charge is 0.393 e. The van der Waals surface area contributed by atoms with E-state index in [1.54, 1.807) is 0 Å². The van der Waals surface area contributed by atoms with Gasteiger partial charge < -0.3 is 5.73 Å². The Morgan fingerprint density at radius 2 is 2.05 bits per heavy atom. The lowest BCUT2D eigenvalue weighted by atomic mass is 9.94. The standard InChI is InChI=1S/C11H15N3O4S/c1-13(8-3-2-4-8)19(17,18)9-5-6-10(12)11(7-9)14(15)16/h5-8H,2-4,12H2,1H3. The first-order chi connectivity index (χ1) is 8.84. The third-order valence-electron chi connectivity index (χ3n) is 3.46. The summed E-state index contributed by atoms with van der Waals surface area (Å²) in [6, 6.07) is 3.55. The first-order valence-corrected chi connectivity index (χ1v) is 7.30. The van der Waals surface area contributed by atoms with Crippen LogP contribution in [-0.2, 0) is 10.0 Å². The zero-order chi connectivity index (χ0) is 14.2. The highest BCUT2D eigenvalue weighted by atomic mass is 32.2. The van der Waals surface area contributed by atoms with Gasteiger partial charge in [-0.15, -0.1) is 0 Å². The molecule has 0 saturated heterocycles. The summed E-state index contributed by atoms with van der Waals surface area (Å²) < 4.78 is 25.9. The summed E-state index contributed by atoms with van der Waals surface area (Å²) in [4.78, 5) is 10.0. The van der Waals surface area contributed by atoms with Gasteiger partial charge in [-0.25, -0.2) is 8.42 Å². The van der Waals surface area contributed by atoms with Crippen molar-refractivity contribution in [2.75, 3.05) is 12.8 Å². The number of hydrogen-bond acceptors (Lipinski definition) is 5. The molecule has 0 radical (unpaired) electrons. The molecule has 1 saturated carbocycles. The van der Waals surface area contributed by atoms with E-state index >= 15 is 0 Å². The van der Waals surface area contributed by atoms with Gasteiger partial charge in [0, 0.05) is 19.2 Å². The van der Waals surface area contributed by atoms with Crippen LogP contribution in [0.3, 0.4) is 0 Å². The highest BCUT2D eigenvalue weighted by molar-refractivity contribution is 7.89. The van der Waals surface area contributed by atoms with E-state index in [0.29, 0.717) is 0 Å². The van der Waals surface area contributed by atoms with Gasteiger partial charge in [-0.3, -0.25) is 10.1 Å². The molecule has 1 aromatic rings. The fourth-order valence-corrected chi connectivity index (χ4v) is 3.39. The summed E-state index contributed by atoms with van der Waals surface area (Å²) >= 11 is 0. The topological polar surface area (TPSA) is 107 Å². The Hall–Kier alpha value is -1.67. The van der Waals surface area contributed by atoms with Crippen molar-refractivity contribution in [3.63, 3.8) is 0 Å². The second-order valence-corrected chi connectivity index (χ2v) is 6.58. The van der Waals surface area contributed by atoms with Crippen molar-refractivity contribution in [1.29, 1.82) is 0 Å². The van der Waals surface area contributed by atoms with Crippen LogP contribution in [0, 0.1) is 10.1 Å². The number of nitrogen functional groups attached to an aromatic ring is 1. The lowest BCUT2D eigenvalue weighted by Gasteiger charge is -2.33. The molecule has 104 valence electrons. The number of nitrogens with two attached hydrogens (primary N) is 1. The van der Waals surface area contributed by atoms with E-state index in [1.165, 1.54) is 23.5 Å². The van der Waals surface area contributed by atoms with Crippen LogP contribution in [0.4, 0.5) is 11.4 Å². The maximum Gasteiger partial charge on any atom is 0.293 e. The minimum atomic E-state index is -3.70. The monoisotopic (exact) mass is 285 g/mol. The van der Waals surface area contributed by atoms with Crippen molar-refractivity contribution in [3.05, 3.63) is 28.3 Å². The third-order valence-corrected chi connectivity index (χ3v) is 5.37. The maximum absolute atomic E-state index is 12.3. The highest BCUT2D eigenvalue weighted by Gasteiger charge is 2.32. The van der Waals surface area contributed by atoms with Crippen molar-refractivity contribution < 1.29 is 13.3 Å². The molecule has 0 aliphatic heterocycles. The number of sulfonamides is 1. The molecule has 0 amide bonds. The zero-order valence-electron chi connectivity index (χ0n) is 10.4. The fourth-order valence-electron chi connectivity index (χ4n) is 1.95. The lowest BCUT2D eigenvalue weighted by molar-refractivity contribution is -0.384. The molecule has 1 aliphatic rings. The summed E-state index contributed by atoms with van der Waals surface area (Å²) in [5, 5.41) is 10.8. The van der Waals surface area contributed by atoms with E-state index in [4.69, 9.17) is 5.73 Å². The van der Waals surface area contributed by atoms with Gasteiger partial charge in [0.2, 0.25) is 10.0 Å². The van der Waals surface area contributed by atoms with Gasteiger partial charge in [0.1, 0.15) is 5.69 Å². The molecule has 2 rings (SSSR count). The van der Waals surface area contributed by atoms with E-state index in [1.807, 2.05) is 0 Å². The molecule has 1 aliphatic carbocycles. The Labute approximate surface area is 111 Å². The van der Waals surface area contributed by atoms with Gasteiger partial charge >= 0.3 is 0 Å². The molecule has 1 aromatic carbocycles. The van der Waals surface area contributed by atoms with Crippen molar-refractivity contribution in [2.24, 2.45) is 0 Å². The fraction of sp³-hybridized carbons (Fsp3) is 0.455. The second kappa shape index (κ2) is 4.78. The molecule has 2 N–H and O–H groups in total. The minimum absolute atomic E-state index is 0.0124. The van der Waals surface area contributed by atoms with Crippen LogP contribution in [0.25, 0.3) is 0 Å². The van der Waals surface area contributed by atoms with Crippen molar-refractivity contribution >= 4 is 21.4 Å². The Balaban J connectivity index is 2.40. The zero-order valence-corrected chi connectivity index (χ0v) is 11.3. The summed E-state index contributed by atoms with van der Waals surface area (Å²) in [7, 11) is -2.20. The molecule has 19 heavy (non-hydrogen) atoms. The Bertz CT molecular complexity index is 610. The van der Waals surface area contributed by atoms with Gasteiger partial charge in [-0.2, -0.15) is 4.31 Å². The number of nitro benzene ring substituents is 1. The Morgan fingerprint density at radius 1 is 1.42 bits per heavy atom. The van der Waals surface area contributed by atoms with Crippen molar-refractivity contribution in [2.45, 2.75) is 30.2 Å². The number of nitrogens with zero attached hydrogens (tertiary/aromatic N) is 2. The molecule has 1 fully saturated rings. The van der Waals surface area contributed by atoms with E-state index < -0.39 is 14.9 Å². The van der Waals surface area contributed by atoms with Gasteiger partial charge in [-0.05, 0) is 25.0 Å². The molecule has 7 nitrogen and oxygen atoms in total. The molecule has 0 heterocycles. The smallest absolute Gasteiger partial charge is 0.293 e. The number of rotatable bonds is 4. The first kappa shape index (κ1) is 13.8. The SMILES string of the molecule is CN(C1CCC1)S(=O)(=O)c1ccc(N)c([N+](=O)[O-])c1. The summed E-state index contributed by atoms with van der Waals surface area (Å²) in [6.07, 6.45) is 2.66. The Morgan fingerprint density at radius 3 is 2.53 bits per heavy atom. The van der Waals surface area contributed by atoms with Crippen molar-refractivity contribution in [3.8, 4) is 0 Å². The van der Waals surface area contributed by atoms with E-state index in [9.17, 15) is 18.5 Å². The molecule has 8 heteroatoms. The van der Waals surface area contributed by atoms with Gasteiger partial charge in [0.15, 0.2) is 0 Å². The van der Waals surface area contributed by atoms with Gasteiger partial charge in [0.05, 0.1) is 9.82 Å². The molecule has 0 aromatic heterocycles. The summed E-state index contributed by atoms with van der Waals surface area (Å²) in [6.45, 7) is 0. The molecule has 0 unspecified atom stereocenters. The van der Waals surface area contributed by atoms with Crippen LogP contribution in [0.5, 0.6) is 0 Å². The van der Waals surface area contributed by atoms with Crippen LogP contribution in [0.1, 0.15) is 19.3 Å². The van der Waals surface area contributed by atoms with E-state index in [2.05, 4.69) is 0 Å². The minimum Gasteiger partial charge on any atom is -0.393 e. The average molecular weight is 285 g/mol. The van der Waals surface area contributed by atoms with Gasteiger partial charge in [0.25, 0.3) is 5.69 Å². The molecule has 0 bridgehead atoms. The third kappa shape index (κ3) is 2.41. The quantitative estimate of drug-likeness (QED) is 0.510. The van der Waals surface area contributed by atoms with Crippen molar-refractivity contribution in [1.82, 2.24) is 4.31 Å². The predicted molar refractivity (Wildman–Crippen MR) is 70.1 cm³/mol. The Kier molecular flexibility index (Phi) is 3.46. The van der Waals surface area contributed by atoms with E-state index in [0.717, 1.165) is 25.3 Å². The highest BCUT2D eigenvalue weighted by Crippen LogP contribution is 2.31.